The van der Waals surface area contributed by atoms with Crippen molar-refractivity contribution in [2.75, 3.05) is 13.6 Å². The van der Waals surface area contributed by atoms with E-state index in [1.54, 1.807) is 13.1 Å². The zero-order chi connectivity index (χ0) is 15.6. The summed E-state index contributed by atoms with van der Waals surface area (Å²) in [5.41, 5.74) is 0.345. The summed E-state index contributed by atoms with van der Waals surface area (Å²) in [6.45, 7) is 2.64. The van der Waals surface area contributed by atoms with Crippen LogP contribution in [-0.2, 0) is 16.6 Å². The maximum absolute atomic E-state index is 14.6. The first-order valence-corrected chi connectivity index (χ1v) is 9.29. The number of nitrogens with one attached hydrogen (secondary N) is 1. The first-order valence-electron chi connectivity index (χ1n) is 7.06. The van der Waals surface area contributed by atoms with Gasteiger partial charge in [-0.1, -0.05) is 22.9 Å². The van der Waals surface area contributed by atoms with Gasteiger partial charge < -0.3 is 5.32 Å². The standard InChI is InChI=1S/C14H20BrFN2O2S/c1-3-6-18(12-4-5-12)21(19,20)13-8-11(15)7-10(9-17-2)14(13)16/h7-8,12,17H,3-6,9H2,1-2H3. The van der Waals surface area contributed by atoms with Crippen LogP contribution in [0.3, 0.4) is 0 Å². The van der Waals surface area contributed by atoms with E-state index in [1.807, 2.05) is 6.92 Å². The molecule has 1 saturated carbocycles. The second kappa shape index (κ2) is 6.73. The minimum Gasteiger partial charge on any atom is -0.316 e. The number of sulfonamides is 1. The third kappa shape index (κ3) is 3.64. The van der Waals surface area contributed by atoms with Crippen molar-refractivity contribution in [3.05, 3.63) is 28.0 Å². The summed E-state index contributed by atoms with van der Waals surface area (Å²) >= 11 is 3.27. The van der Waals surface area contributed by atoms with Crippen molar-refractivity contribution < 1.29 is 12.8 Å². The first kappa shape index (κ1) is 16.9. The summed E-state index contributed by atoms with van der Waals surface area (Å²) in [5.74, 6) is -0.658. The Morgan fingerprint density at radius 1 is 1.43 bits per heavy atom. The average molecular weight is 379 g/mol. The van der Waals surface area contributed by atoms with E-state index in [9.17, 15) is 12.8 Å². The highest BCUT2D eigenvalue weighted by molar-refractivity contribution is 9.10. The summed E-state index contributed by atoms with van der Waals surface area (Å²) in [6.07, 6.45) is 2.44. The van der Waals surface area contributed by atoms with E-state index in [0.717, 1.165) is 12.8 Å². The molecule has 0 atom stereocenters. The average Bonchev–Trinajstić information content (AvgIpc) is 3.24. The molecule has 1 aliphatic rings. The highest BCUT2D eigenvalue weighted by Gasteiger charge is 2.39. The molecule has 0 radical (unpaired) electrons. The molecule has 0 aromatic heterocycles. The Balaban J connectivity index is 2.48. The van der Waals surface area contributed by atoms with Crippen LogP contribution >= 0.6 is 15.9 Å². The minimum absolute atomic E-state index is 0.0288. The smallest absolute Gasteiger partial charge is 0.246 e. The summed E-state index contributed by atoms with van der Waals surface area (Å²) in [5, 5.41) is 2.85. The highest BCUT2D eigenvalue weighted by atomic mass is 79.9. The quantitative estimate of drug-likeness (QED) is 0.793. The molecule has 118 valence electrons. The Morgan fingerprint density at radius 2 is 2.10 bits per heavy atom. The molecule has 1 N–H and O–H groups in total. The molecule has 2 rings (SSSR count). The van der Waals surface area contributed by atoms with Gasteiger partial charge in [0.25, 0.3) is 0 Å². The van der Waals surface area contributed by atoms with Gasteiger partial charge in [-0.25, -0.2) is 12.8 Å². The van der Waals surface area contributed by atoms with E-state index < -0.39 is 15.8 Å². The second-order valence-corrected chi connectivity index (χ2v) is 8.03. The van der Waals surface area contributed by atoms with Crippen molar-refractivity contribution in [1.29, 1.82) is 0 Å². The molecule has 21 heavy (non-hydrogen) atoms. The van der Waals surface area contributed by atoms with Crippen molar-refractivity contribution in [2.24, 2.45) is 0 Å². The Morgan fingerprint density at radius 3 is 2.62 bits per heavy atom. The van der Waals surface area contributed by atoms with Crippen molar-refractivity contribution in [3.63, 3.8) is 0 Å². The van der Waals surface area contributed by atoms with Crippen LogP contribution in [0.1, 0.15) is 31.7 Å². The molecule has 0 spiro atoms. The van der Waals surface area contributed by atoms with E-state index in [0.29, 0.717) is 23.0 Å². The fourth-order valence-corrected chi connectivity index (χ4v) is 4.90. The molecule has 0 saturated heterocycles. The van der Waals surface area contributed by atoms with Gasteiger partial charge in [0.15, 0.2) is 0 Å². The normalized spacial score (nSPS) is 15.7. The summed E-state index contributed by atoms with van der Waals surface area (Å²) in [6, 6.07) is 2.99. The Bertz CT molecular complexity index is 618. The number of hydrogen-bond acceptors (Lipinski definition) is 3. The third-order valence-electron chi connectivity index (χ3n) is 3.43. The molecule has 1 aromatic rings. The van der Waals surface area contributed by atoms with Gasteiger partial charge in [0.05, 0.1) is 0 Å². The van der Waals surface area contributed by atoms with E-state index in [1.165, 1.54) is 10.4 Å². The van der Waals surface area contributed by atoms with Crippen molar-refractivity contribution in [3.8, 4) is 0 Å². The van der Waals surface area contributed by atoms with Gasteiger partial charge >= 0.3 is 0 Å². The molecule has 1 aliphatic carbocycles. The Labute approximate surface area is 133 Å². The van der Waals surface area contributed by atoms with Gasteiger partial charge in [-0.15, -0.1) is 0 Å². The number of rotatable bonds is 7. The first-order chi connectivity index (χ1) is 9.91. The number of nitrogens with zero attached hydrogens (tertiary/aromatic N) is 1. The lowest BCUT2D eigenvalue weighted by Gasteiger charge is -2.22. The predicted octanol–water partition coefficient (Wildman–Crippen LogP) is 2.87. The van der Waals surface area contributed by atoms with E-state index in [-0.39, 0.29) is 17.5 Å². The summed E-state index contributed by atoms with van der Waals surface area (Å²) < 4.78 is 42.1. The lowest BCUT2D eigenvalue weighted by atomic mass is 10.2. The summed E-state index contributed by atoms with van der Waals surface area (Å²) in [4.78, 5) is -0.234. The molecule has 0 unspecified atom stereocenters. The van der Waals surface area contributed by atoms with Crippen LogP contribution in [0.25, 0.3) is 0 Å². The van der Waals surface area contributed by atoms with Gasteiger partial charge in [-0.2, -0.15) is 4.31 Å². The molecule has 0 aliphatic heterocycles. The second-order valence-electron chi connectivity index (χ2n) is 5.25. The predicted molar refractivity (Wildman–Crippen MR) is 84.1 cm³/mol. The van der Waals surface area contributed by atoms with Gasteiger partial charge in [-0.3, -0.25) is 0 Å². The highest BCUT2D eigenvalue weighted by Crippen LogP contribution is 2.34. The van der Waals surface area contributed by atoms with Crippen molar-refractivity contribution >= 4 is 26.0 Å². The van der Waals surface area contributed by atoms with Crippen LogP contribution in [0.2, 0.25) is 0 Å². The Kier molecular flexibility index (Phi) is 5.40. The monoisotopic (exact) mass is 378 g/mol. The third-order valence-corrected chi connectivity index (χ3v) is 5.84. The summed E-state index contributed by atoms with van der Waals surface area (Å²) in [7, 11) is -2.10. The Hall–Kier alpha value is -0.500. The SMILES string of the molecule is CCCN(C1CC1)S(=O)(=O)c1cc(Br)cc(CNC)c1F. The van der Waals surface area contributed by atoms with Crippen LogP contribution in [0.4, 0.5) is 4.39 Å². The van der Waals surface area contributed by atoms with Gasteiger partial charge in [-0.05, 0) is 38.4 Å². The fourth-order valence-electron chi connectivity index (χ4n) is 2.33. The number of hydrogen-bond donors (Lipinski definition) is 1. The topological polar surface area (TPSA) is 49.4 Å². The maximum Gasteiger partial charge on any atom is 0.246 e. The zero-order valence-corrected chi connectivity index (χ0v) is 14.6. The molecule has 4 nitrogen and oxygen atoms in total. The van der Waals surface area contributed by atoms with Gasteiger partial charge in [0, 0.05) is 29.2 Å². The molecule has 0 bridgehead atoms. The van der Waals surface area contributed by atoms with Crippen LogP contribution in [0.5, 0.6) is 0 Å². The zero-order valence-electron chi connectivity index (χ0n) is 12.2. The molecule has 1 fully saturated rings. The molecular weight excluding hydrogens is 359 g/mol. The van der Waals surface area contributed by atoms with Crippen LogP contribution in [-0.4, -0.2) is 32.4 Å². The fraction of sp³-hybridized carbons (Fsp3) is 0.571. The number of halogens is 2. The van der Waals surface area contributed by atoms with Crippen LogP contribution < -0.4 is 5.32 Å². The molecule has 1 aromatic carbocycles. The molecule has 0 heterocycles. The van der Waals surface area contributed by atoms with Gasteiger partial charge in [0.1, 0.15) is 10.7 Å². The lowest BCUT2D eigenvalue weighted by molar-refractivity contribution is 0.399. The van der Waals surface area contributed by atoms with E-state index >= 15 is 0 Å². The maximum atomic E-state index is 14.6. The minimum atomic E-state index is -3.79. The number of benzene rings is 1. The van der Waals surface area contributed by atoms with E-state index in [4.69, 9.17) is 0 Å². The lowest BCUT2D eigenvalue weighted by Crippen LogP contribution is -2.34. The van der Waals surface area contributed by atoms with Crippen molar-refractivity contribution in [2.45, 2.75) is 43.7 Å². The van der Waals surface area contributed by atoms with Gasteiger partial charge in [0.2, 0.25) is 10.0 Å². The largest absolute Gasteiger partial charge is 0.316 e. The molecule has 7 heteroatoms. The molecular formula is C14H20BrFN2O2S. The van der Waals surface area contributed by atoms with Crippen LogP contribution in [0.15, 0.2) is 21.5 Å². The van der Waals surface area contributed by atoms with E-state index in [2.05, 4.69) is 21.2 Å². The van der Waals surface area contributed by atoms with Crippen molar-refractivity contribution in [1.82, 2.24) is 9.62 Å². The molecule has 0 amide bonds. The van der Waals surface area contributed by atoms with Crippen LogP contribution in [0, 0.1) is 5.82 Å².